The number of aliphatic hydroxyl groups excluding tert-OH is 1. The Morgan fingerprint density at radius 1 is 1.30 bits per heavy atom. The highest BCUT2D eigenvalue weighted by Gasteiger charge is 2.44. The number of rotatable bonds is 2. The monoisotopic (exact) mass is 314 g/mol. The number of nitrogens with two attached hydrogens (primary N) is 1. The third-order valence-electron chi connectivity index (χ3n) is 4.21. The summed E-state index contributed by atoms with van der Waals surface area (Å²) in [6, 6.07) is 8.15. The summed E-state index contributed by atoms with van der Waals surface area (Å²) in [7, 11) is 0. The van der Waals surface area contributed by atoms with Gasteiger partial charge in [0.2, 0.25) is 5.91 Å². The molecule has 0 saturated heterocycles. The lowest BCUT2D eigenvalue weighted by molar-refractivity contribution is -0.0513. The molecule has 0 spiro atoms. The van der Waals surface area contributed by atoms with Gasteiger partial charge in [-0.3, -0.25) is 9.59 Å². The highest BCUT2D eigenvalue weighted by Crippen LogP contribution is 2.43. The van der Waals surface area contributed by atoms with Crippen molar-refractivity contribution in [3.8, 4) is 5.75 Å². The Labute approximate surface area is 132 Å². The quantitative estimate of drug-likeness (QED) is 0.773. The fraction of sp³-hybridized carbons (Fsp3) is 0.294. The lowest BCUT2D eigenvalue weighted by Crippen LogP contribution is -2.50. The van der Waals surface area contributed by atoms with Crippen LogP contribution < -0.4 is 16.0 Å². The van der Waals surface area contributed by atoms with E-state index in [-0.39, 0.29) is 5.56 Å². The normalized spacial score (nSPS) is 22.0. The number of hydrogen-bond donors (Lipinski definition) is 3. The molecule has 2 atom stereocenters. The van der Waals surface area contributed by atoms with Crippen LogP contribution in [0.1, 0.15) is 41.3 Å². The topological polar surface area (TPSA) is 105 Å². The van der Waals surface area contributed by atoms with Gasteiger partial charge in [-0.15, -0.1) is 0 Å². The second kappa shape index (κ2) is 5.24. The second-order valence-corrected chi connectivity index (χ2v) is 6.20. The van der Waals surface area contributed by atoms with E-state index >= 15 is 0 Å². The van der Waals surface area contributed by atoms with Gasteiger partial charge in [0.1, 0.15) is 17.5 Å². The van der Waals surface area contributed by atoms with Gasteiger partial charge < -0.3 is 20.6 Å². The molecule has 6 heteroatoms. The van der Waals surface area contributed by atoms with Crippen molar-refractivity contribution in [2.24, 2.45) is 5.73 Å². The van der Waals surface area contributed by atoms with Crippen molar-refractivity contribution in [2.75, 3.05) is 0 Å². The maximum Gasteiger partial charge on any atom is 0.251 e. The first-order chi connectivity index (χ1) is 10.8. The summed E-state index contributed by atoms with van der Waals surface area (Å²) in [5.74, 6) is -0.663. The summed E-state index contributed by atoms with van der Waals surface area (Å²) in [5, 5.41) is 10.8. The number of aliphatic hydroxyl groups is 1. The summed E-state index contributed by atoms with van der Waals surface area (Å²) in [5.41, 5.74) is 5.46. The first kappa shape index (κ1) is 15.3. The zero-order valence-electron chi connectivity index (χ0n) is 12.9. The van der Waals surface area contributed by atoms with E-state index in [0.29, 0.717) is 22.4 Å². The van der Waals surface area contributed by atoms with E-state index in [1.807, 2.05) is 0 Å². The van der Waals surface area contributed by atoms with E-state index in [0.717, 1.165) is 0 Å². The second-order valence-electron chi connectivity index (χ2n) is 6.20. The smallest absolute Gasteiger partial charge is 0.251 e. The van der Waals surface area contributed by atoms with Crippen molar-refractivity contribution in [3.05, 3.63) is 63.6 Å². The van der Waals surface area contributed by atoms with Crippen LogP contribution in [0.2, 0.25) is 0 Å². The summed E-state index contributed by atoms with van der Waals surface area (Å²) in [4.78, 5) is 26.3. The van der Waals surface area contributed by atoms with Crippen molar-refractivity contribution in [2.45, 2.75) is 31.5 Å². The van der Waals surface area contributed by atoms with E-state index in [9.17, 15) is 14.7 Å². The van der Waals surface area contributed by atoms with Crippen LogP contribution in [0.25, 0.3) is 0 Å². The number of aromatic amines is 1. The Balaban J connectivity index is 2.25. The highest BCUT2D eigenvalue weighted by molar-refractivity contribution is 5.93. The summed E-state index contributed by atoms with van der Waals surface area (Å²) >= 11 is 0. The molecule has 0 bridgehead atoms. The van der Waals surface area contributed by atoms with Crippen LogP contribution in [-0.4, -0.2) is 27.7 Å². The van der Waals surface area contributed by atoms with Gasteiger partial charge in [-0.25, -0.2) is 0 Å². The van der Waals surface area contributed by atoms with Gasteiger partial charge in [-0.05, 0) is 38.1 Å². The maximum atomic E-state index is 12.2. The Kier molecular flexibility index (Phi) is 3.49. The Morgan fingerprint density at radius 2 is 2.04 bits per heavy atom. The molecule has 2 aromatic rings. The minimum atomic E-state index is -0.957. The van der Waals surface area contributed by atoms with E-state index < -0.39 is 23.5 Å². The van der Waals surface area contributed by atoms with Crippen LogP contribution in [-0.2, 0) is 0 Å². The third-order valence-corrected chi connectivity index (χ3v) is 4.21. The molecule has 1 aliphatic rings. The molecule has 1 aromatic heterocycles. The van der Waals surface area contributed by atoms with Gasteiger partial charge in [0.15, 0.2) is 0 Å². The number of carbonyl (C=O) groups excluding carboxylic acids is 1. The number of nitrogens with one attached hydrogen (secondary N) is 1. The Morgan fingerprint density at radius 3 is 2.70 bits per heavy atom. The van der Waals surface area contributed by atoms with Crippen molar-refractivity contribution in [3.63, 3.8) is 0 Å². The van der Waals surface area contributed by atoms with Gasteiger partial charge in [0, 0.05) is 28.8 Å². The van der Waals surface area contributed by atoms with Crippen LogP contribution in [0.5, 0.6) is 5.75 Å². The average Bonchev–Trinajstić information content (AvgIpc) is 2.49. The fourth-order valence-corrected chi connectivity index (χ4v) is 2.97. The lowest BCUT2D eigenvalue weighted by atomic mass is 9.77. The number of primary amides is 1. The molecule has 120 valence electrons. The average molecular weight is 314 g/mol. The van der Waals surface area contributed by atoms with E-state index in [1.54, 1.807) is 44.2 Å². The predicted molar refractivity (Wildman–Crippen MR) is 84.6 cm³/mol. The molecule has 23 heavy (non-hydrogen) atoms. The first-order valence-electron chi connectivity index (χ1n) is 7.29. The van der Waals surface area contributed by atoms with Gasteiger partial charge >= 0.3 is 0 Å². The number of H-pyrrole nitrogens is 1. The van der Waals surface area contributed by atoms with E-state index in [2.05, 4.69) is 4.98 Å². The summed E-state index contributed by atoms with van der Waals surface area (Å²) in [6.45, 7) is 3.51. The Bertz CT molecular complexity index is 825. The van der Waals surface area contributed by atoms with Gasteiger partial charge in [0.25, 0.3) is 5.56 Å². The SMILES string of the molecule is CC1(C)Oc2ccc(C(N)=O)cc2C(c2ccc[nH]c2=O)C1O. The number of carbonyl (C=O) groups is 1. The zero-order valence-corrected chi connectivity index (χ0v) is 12.9. The lowest BCUT2D eigenvalue weighted by Gasteiger charge is -2.42. The minimum absolute atomic E-state index is 0.287. The first-order valence-corrected chi connectivity index (χ1v) is 7.29. The third kappa shape index (κ3) is 2.51. The molecule has 3 rings (SSSR count). The molecule has 0 saturated carbocycles. The highest BCUT2D eigenvalue weighted by atomic mass is 16.5. The van der Waals surface area contributed by atoms with Crippen LogP contribution in [0.4, 0.5) is 0 Å². The van der Waals surface area contributed by atoms with E-state index in [1.165, 1.54) is 6.20 Å². The van der Waals surface area contributed by atoms with Crippen LogP contribution in [0.15, 0.2) is 41.3 Å². The largest absolute Gasteiger partial charge is 0.485 e. The molecule has 0 radical (unpaired) electrons. The van der Waals surface area contributed by atoms with Gasteiger partial charge in [-0.1, -0.05) is 6.07 Å². The molecule has 2 unspecified atom stereocenters. The molecular formula is C17H18N2O4. The number of benzene rings is 1. The maximum absolute atomic E-state index is 12.2. The molecule has 0 fully saturated rings. The standard InChI is InChI=1S/C17H18N2O4/c1-17(2)14(20)13(10-4-3-7-19-16(10)22)11-8-9(15(18)21)5-6-12(11)23-17/h3-8,13-14,20H,1-2H3,(H2,18,21)(H,19,22). The zero-order chi connectivity index (χ0) is 16.8. The van der Waals surface area contributed by atoms with Crippen molar-refractivity contribution in [1.29, 1.82) is 0 Å². The van der Waals surface area contributed by atoms with E-state index in [4.69, 9.17) is 10.5 Å². The minimum Gasteiger partial charge on any atom is -0.485 e. The van der Waals surface area contributed by atoms with Crippen molar-refractivity contribution in [1.82, 2.24) is 4.98 Å². The molecular weight excluding hydrogens is 296 g/mol. The molecule has 0 aliphatic carbocycles. The summed E-state index contributed by atoms with van der Waals surface area (Å²) < 4.78 is 5.84. The molecule has 4 N–H and O–H groups in total. The number of pyridine rings is 1. The van der Waals surface area contributed by atoms with Gasteiger partial charge in [0.05, 0.1) is 0 Å². The van der Waals surface area contributed by atoms with Gasteiger partial charge in [-0.2, -0.15) is 0 Å². The predicted octanol–water partition coefficient (Wildman–Crippen LogP) is 1.14. The number of ether oxygens (including phenoxy) is 1. The molecule has 1 aliphatic heterocycles. The van der Waals surface area contributed by atoms with Crippen LogP contribution in [0.3, 0.4) is 0 Å². The van der Waals surface area contributed by atoms with Crippen LogP contribution in [0, 0.1) is 0 Å². The molecule has 2 heterocycles. The number of aromatic nitrogens is 1. The van der Waals surface area contributed by atoms with Crippen molar-refractivity contribution < 1.29 is 14.6 Å². The summed E-state index contributed by atoms with van der Waals surface area (Å²) in [6.07, 6.45) is 0.574. The van der Waals surface area contributed by atoms with Crippen molar-refractivity contribution >= 4 is 5.91 Å². The number of amides is 1. The Hall–Kier alpha value is -2.60. The fourth-order valence-electron chi connectivity index (χ4n) is 2.97. The van der Waals surface area contributed by atoms with Crippen LogP contribution >= 0.6 is 0 Å². The molecule has 6 nitrogen and oxygen atoms in total. The number of hydrogen-bond acceptors (Lipinski definition) is 4. The number of fused-ring (bicyclic) bond motifs is 1. The molecule has 1 amide bonds. The molecule has 1 aromatic carbocycles.